The second-order valence-corrected chi connectivity index (χ2v) is 9.81. The van der Waals surface area contributed by atoms with Crippen LogP contribution in [0.25, 0.3) is 0 Å². The first-order valence-electron chi connectivity index (χ1n) is 10.4. The third-order valence-corrected chi connectivity index (χ3v) is 7.33. The van der Waals surface area contributed by atoms with E-state index in [9.17, 15) is 13.2 Å². The zero-order valence-electron chi connectivity index (χ0n) is 18.5. The summed E-state index contributed by atoms with van der Waals surface area (Å²) in [4.78, 5) is 15.0. The van der Waals surface area contributed by atoms with Gasteiger partial charge in [-0.2, -0.15) is 0 Å². The normalized spacial score (nSPS) is 16.6. The monoisotopic (exact) mass is 446 g/mol. The zero-order chi connectivity index (χ0) is 22.6. The molecule has 1 heterocycles. The highest BCUT2D eigenvalue weighted by Crippen LogP contribution is 2.35. The molecule has 8 heteroatoms. The number of rotatable bonds is 7. The molecule has 3 rings (SSSR count). The number of hydrogen-bond donors (Lipinski definition) is 0. The van der Waals surface area contributed by atoms with Gasteiger partial charge in [0.2, 0.25) is 5.91 Å². The molecule has 1 atom stereocenters. The van der Waals surface area contributed by atoms with Gasteiger partial charge in [0, 0.05) is 19.2 Å². The molecule has 0 spiro atoms. The molecule has 0 radical (unpaired) electrons. The van der Waals surface area contributed by atoms with Gasteiger partial charge in [0.1, 0.15) is 18.0 Å². The van der Waals surface area contributed by atoms with Crippen molar-refractivity contribution in [3.63, 3.8) is 0 Å². The fraction of sp³-hybridized carbons (Fsp3) is 0.435. The summed E-state index contributed by atoms with van der Waals surface area (Å²) in [6.45, 7) is 4.97. The Morgan fingerprint density at radius 1 is 1.13 bits per heavy atom. The van der Waals surface area contributed by atoms with Crippen LogP contribution in [-0.2, 0) is 14.8 Å². The second kappa shape index (κ2) is 9.60. The van der Waals surface area contributed by atoms with Crippen LogP contribution in [0.15, 0.2) is 47.4 Å². The fourth-order valence-corrected chi connectivity index (χ4v) is 5.19. The number of carbonyl (C=O) groups excluding carboxylic acids is 1. The maximum atomic E-state index is 13.6. The fourth-order valence-electron chi connectivity index (χ4n) is 3.77. The number of hydrogen-bond acceptors (Lipinski definition) is 5. The predicted octanol–water partition coefficient (Wildman–Crippen LogP) is 3.47. The molecular formula is C23H30N2O5S. The van der Waals surface area contributed by atoms with E-state index in [1.165, 1.54) is 14.2 Å². The van der Waals surface area contributed by atoms with Gasteiger partial charge in [0.05, 0.1) is 24.8 Å². The first-order valence-corrected chi connectivity index (χ1v) is 11.8. The molecule has 1 unspecified atom stereocenters. The van der Waals surface area contributed by atoms with Crippen molar-refractivity contribution in [3.05, 3.63) is 48.0 Å². The van der Waals surface area contributed by atoms with Crippen molar-refractivity contribution in [2.24, 2.45) is 5.92 Å². The molecule has 0 aromatic heterocycles. The van der Waals surface area contributed by atoms with Crippen LogP contribution in [-0.4, -0.2) is 53.1 Å². The van der Waals surface area contributed by atoms with Gasteiger partial charge in [-0.05, 0) is 49.9 Å². The summed E-state index contributed by atoms with van der Waals surface area (Å²) in [5.41, 5.74) is 1.24. The molecule has 0 N–H and O–H groups in total. The van der Waals surface area contributed by atoms with Crippen molar-refractivity contribution in [1.82, 2.24) is 4.90 Å². The lowest BCUT2D eigenvalue weighted by molar-refractivity contribution is -0.131. The van der Waals surface area contributed by atoms with Gasteiger partial charge < -0.3 is 14.4 Å². The summed E-state index contributed by atoms with van der Waals surface area (Å²) < 4.78 is 39.1. The minimum Gasteiger partial charge on any atom is -0.497 e. The molecule has 2 aromatic rings. The molecule has 0 bridgehead atoms. The molecule has 168 valence electrons. The van der Waals surface area contributed by atoms with E-state index in [0.717, 1.165) is 22.7 Å². The van der Waals surface area contributed by atoms with E-state index in [-0.39, 0.29) is 17.3 Å². The highest BCUT2D eigenvalue weighted by atomic mass is 32.2. The third-order valence-electron chi connectivity index (χ3n) is 5.55. The first kappa shape index (κ1) is 22.9. The van der Waals surface area contributed by atoms with Gasteiger partial charge in [0.25, 0.3) is 10.0 Å². The number of ether oxygens (including phenoxy) is 2. The highest BCUT2D eigenvalue weighted by Gasteiger charge is 2.32. The van der Waals surface area contributed by atoms with Crippen LogP contribution in [0.3, 0.4) is 0 Å². The average Bonchev–Trinajstić information content (AvgIpc) is 2.77. The molecule has 2 aromatic carbocycles. The van der Waals surface area contributed by atoms with Gasteiger partial charge in [-0.15, -0.1) is 0 Å². The Bertz CT molecular complexity index is 1020. The minimum atomic E-state index is -4.01. The average molecular weight is 447 g/mol. The smallest absolute Gasteiger partial charge is 0.264 e. The van der Waals surface area contributed by atoms with E-state index in [1.807, 2.05) is 6.92 Å². The number of aryl methyl sites for hydroxylation is 1. The number of benzene rings is 2. The molecule has 1 fully saturated rings. The van der Waals surface area contributed by atoms with E-state index in [2.05, 4.69) is 6.92 Å². The Morgan fingerprint density at radius 2 is 1.84 bits per heavy atom. The third kappa shape index (κ3) is 5.12. The van der Waals surface area contributed by atoms with Gasteiger partial charge in [-0.1, -0.05) is 24.6 Å². The van der Waals surface area contributed by atoms with Crippen LogP contribution in [0.1, 0.15) is 25.3 Å². The number of nitrogens with zero attached hydrogens (tertiary/aromatic N) is 2. The largest absolute Gasteiger partial charge is 0.497 e. The van der Waals surface area contributed by atoms with Gasteiger partial charge in [-0.3, -0.25) is 9.10 Å². The van der Waals surface area contributed by atoms with E-state index in [4.69, 9.17) is 9.47 Å². The molecule has 7 nitrogen and oxygen atoms in total. The number of sulfonamides is 1. The SMILES string of the molecule is COc1ccc(N(CC(=O)N2CCCC(C)C2)S(=O)(=O)c2ccc(C)cc2)c(OC)c1. The van der Waals surface area contributed by atoms with Crippen molar-refractivity contribution >= 4 is 21.6 Å². The Hall–Kier alpha value is -2.74. The van der Waals surface area contributed by atoms with Crippen molar-refractivity contribution in [1.29, 1.82) is 0 Å². The number of piperidine rings is 1. The first-order chi connectivity index (χ1) is 14.8. The Kier molecular flexibility index (Phi) is 7.10. The predicted molar refractivity (Wildman–Crippen MR) is 120 cm³/mol. The Balaban J connectivity index is 2.03. The lowest BCUT2D eigenvalue weighted by Crippen LogP contribution is -2.46. The van der Waals surface area contributed by atoms with Gasteiger partial charge in [-0.25, -0.2) is 8.42 Å². The van der Waals surface area contributed by atoms with Gasteiger partial charge in [0.15, 0.2) is 0 Å². The number of methoxy groups -OCH3 is 2. The van der Waals surface area contributed by atoms with Crippen molar-refractivity contribution in [2.45, 2.75) is 31.6 Å². The molecule has 0 aliphatic carbocycles. The Morgan fingerprint density at radius 3 is 2.45 bits per heavy atom. The molecule has 1 aliphatic rings. The second-order valence-electron chi connectivity index (χ2n) is 7.95. The molecule has 31 heavy (non-hydrogen) atoms. The van der Waals surface area contributed by atoms with Crippen LogP contribution in [0, 0.1) is 12.8 Å². The highest BCUT2D eigenvalue weighted by molar-refractivity contribution is 7.92. The summed E-state index contributed by atoms with van der Waals surface area (Å²) in [5.74, 6) is 1.02. The summed E-state index contributed by atoms with van der Waals surface area (Å²) in [6.07, 6.45) is 1.99. The van der Waals surface area contributed by atoms with E-state index in [1.54, 1.807) is 47.4 Å². The quantitative estimate of drug-likeness (QED) is 0.651. The van der Waals surface area contributed by atoms with Crippen molar-refractivity contribution in [3.8, 4) is 11.5 Å². The van der Waals surface area contributed by atoms with E-state index < -0.39 is 10.0 Å². The van der Waals surface area contributed by atoms with Crippen LogP contribution < -0.4 is 13.8 Å². The van der Waals surface area contributed by atoms with Crippen LogP contribution in [0.5, 0.6) is 11.5 Å². The molecule has 1 aliphatic heterocycles. The molecule has 1 saturated heterocycles. The van der Waals surface area contributed by atoms with Crippen molar-refractivity contribution in [2.75, 3.05) is 38.2 Å². The summed E-state index contributed by atoms with van der Waals surface area (Å²) >= 11 is 0. The number of likely N-dealkylation sites (tertiary alicyclic amines) is 1. The standard InChI is InChI=1S/C23H30N2O5S/c1-17-7-10-20(11-8-17)31(27,28)25(16-23(26)24-13-5-6-18(2)15-24)21-12-9-19(29-3)14-22(21)30-4/h7-12,14,18H,5-6,13,15-16H2,1-4H3. The maximum Gasteiger partial charge on any atom is 0.264 e. The number of anilines is 1. The molecular weight excluding hydrogens is 416 g/mol. The van der Waals surface area contributed by atoms with Crippen LogP contribution in [0.4, 0.5) is 5.69 Å². The lowest BCUT2D eigenvalue weighted by atomic mass is 10.0. The van der Waals surface area contributed by atoms with E-state index in [0.29, 0.717) is 36.2 Å². The van der Waals surface area contributed by atoms with Crippen LogP contribution >= 0.6 is 0 Å². The summed E-state index contributed by atoms with van der Waals surface area (Å²) in [6, 6.07) is 11.5. The number of amides is 1. The summed E-state index contributed by atoms with van der Waals surface area (Å²) in [5, 5.41) is 0. The minimum absolute atomic E-state index is 0.121. The lowest BCUT2D eigenvalue weighted by Gasteiger charge is -2.33. The zero-order valence-corrected chi connectivity index (χ0v) is 19.3. The Labute approximate surface area is 184 Å². The van der Waals surface area contributed by atoms with E-state index >= 15 is 0 Å². The van der Waals surface area contributed by atoms with Crippen molar-refractivity contribution < 1.29 is 22.7 Å². The maximum absolute atomic E-state index is 13.6. The summed E-state index contributed by atoms with van der Waals surface area (Å²) in [7, 11) is -1.02. The topological polar surface area (TPSA) is 76.2 Å². The number of carbonyl (C=O) groups is 1. The van der Waals surface area contributed by atoms with Gasteiger partial charge >= 0.3 is 0 Å². The van der Waals surface area contributed by atoms with Crippen LogP contribution in [0.2, 0.25) is 0 Å². The molecule has 1 amide bonds. The molecule has 0 saturated carbocycles.